The maximum atomic E-state index is 11.7. The highest BCUT2D eigenvalue weighted by Crippen LogP contribution is 2.30. The van der Waals surface area contributed by atoms with Gasteiger partial charge in [-0.15, -0.1) is 0 Å². The lowest BCUT2D eigenvalue weighted by Crippen LogP contribution is -2.45. The number of esters is 1. The zero-order chi connectivity index (χ0) is 14.4. The second-order valence-electron chi connectivity index (χ2n) is 5.70. The van der Waals surface area contributed by atoms with Crippen molar-refractivity contribution in [3.05, 3.63) is 0 Å². The van der Waals surface area contributed by atoms with Crippen LogP contribution in [0.5, 0.6) is 0 Å². The number of hydrogen-bond donors (Lipinski definition) is 0. The highest BCUT2D eigenvalue weighted by Gasteiger charge is 2.29. The second kappa shape index (κ2) is 7.51. The molecule has 0 unspecified atom stereocenters. The normalized spacial score (nSPS) is 23.2. The van der Waals surface area contributed by atoms with Gasteiger partial charge in [0.1, 0.15) is 0 Å². The SMILES string of the molecule is CCOC(=O)CC1CCC(N(C(C)=O)C(C)C)CC1. The third-order valence-electron chi connectivity index (χ3n) is 3.89. The third kappa shape index (κ3) is 4.84. The van der Waals surface area contributed by atoms with Crippen molar-refractivity contribution >= 4 is 11.9 Å². The molecule has 4 heteroatoms. The molecule has 19 heavy (non-hydrogen) atoms. The van der Waals surface area contributed by atoms with Crippen LogP contribution in [0.15, 0.2) is 0 Å². The molecule has 0 spiro atoms. The minimum Gasteiger partial charge on any atom is -0.466 e. The highest BCUT2D eigenvalue weighted by molar-refractivity contribution is 5.74. The summed E-state index contributed by atoms with van der Waals surface area (Å²) in [7, 11) is 0. The van der Waals surface area contributed by atoms with Crippen molar-refractivity contribution in [1.82, 2.24) is 4.90 Å². The van der Waals surface area contributed by atoms with E-state index in [-0.39, 0.29) is 17.9 Å². The van der Waals surface area contributed by atoms with Crippen LogP contribution in [0.1, 0.15) is 59.8 Å². The van der Waals surface area contributed by atoms with Gasteiger partial charge in [-0.25, -0.2) is 0 Å². The van der Waals surface area contributed by atoms with Gasteiger partial charge in [0.2, 0.25) is 5.91 Å². The van der Waals surface area contributed by atoms with E-state index < -0.39 is 0 Å². The van der Waals surface area contributed by atoms with Crippen molar-refractivity contribution in [3.63, 3.8) is 0 Å². The van der Waals surface area contributed by atoms with Gasteiger partial charge in [-0.1, -0.05) is 0 Å². The Morgan fingerprint density at radius 3 is 2.21 bits per heavy atom. The lowest BCUT2D eigenvalue weighted by Gasteiger charge is -2.38. The van der Waals surface area contributed by atoms with Crippen molar-refractivity contribution in [1.29, 1.82) is 0 Å². The second-order valence-corrected chi connectivity index (χ2v) is 5.70. The van der Waals surface area contributed by atoms with Crippen molar-refractivity contribution in [2.24, 2.45) is 5.92 Å². The number of hydrogen-bond acceptors (Lipinski definition) is 3. The monoisotopic (exact) mass is 269 g/mol. The van der Waals surface area contributed by atoms with Gasteiger partial charge in [-0.05, 0) is 52.4 Å². The molecule has 0 bridgehead atoms. The number of ether oxygens (including phenoxy) is 1. The fourth-order valence-electron chi connectivity index (χ4n) is 3.13. The van der Waals surface area contributed by atoms with E-state index in [1.807, 2.05) is 11.8 Å². The van der Waals surface area contributed by atoms with Gasteiger partial charge in [0.15, 0.2) is 0 Å². The number of amides is 1. The molecule has 4 nitrogen and oxygen atoms in total. The number of nitrogens with zero attached hydrogens (tertiary/aromatic N) is 1. The van der Waals surface area contributed by atoms with Crippen molar-refractivity contribution in [2.75, 3.05) is 6.61 Å². The Balaban J connectivity index is 2.43. The fraction of sp³-hybridized carbons (Fsp3) is 0.867. The lowest BCUT2D eigenvalue weighted by molar-refractivity contribution is -0.145. The first kappa shape index (κ1) is 16.0. The summed E-state index contributed by atoms with van der Waals surface area (Å²) in [5.74, 6) is 0.498. The van der Waals surface area contributed by atoms with Crippen molar-refractivity contribution in [3.8, 4) is 0 Å². The van der Waals surface area contributed by atoms with Crippen LogP contribution in [0.4, 0.5) is 0 Å². The summed E-state index contributed by atoms with van der Waals surface area (Å²) in [6.07, 6.45) is 4.56. The smallest absolute Gasteiger partial charge is 0.306 e. The third-order valence-corrected chi connectivity index (χ3v) is 3.89. The molecule has 0 aliphatic heterocycles. The maximum Gasteiger partial charge on any atom is 0.306 e. The largest absolute Gasteiger partial charge is 0.466 e. The first-order chi connectivity index (χ1) is 8.95. The summed E-state index contributed by atoms with van der Waals surface area (Å²) >= 11 is 0. The van der Waals surface area contributed by atoms with Gasteiger partial charge in [0, 0.05) is 25.4 Å². The number of rotatable bonds is 5. The van der Waals surface area contributed by atoms with Gasteiger partial charge in [0.05, 0.1) is 6.61 Å². The van der Waals surface area contributed by atoms with Crippen LogP contribution in [-0.4, -0.2) is 35.5 Å². The summed E-state index contributed by atoms with van der Waals surface area (Å²) in [6, 6.07) is 0.597. The van der Waals surface area contributed by atoms with Crippen molar-refractivity contribution < 1.29 is 14.3 Å². The Morgan fingerprint density at radius 2 is 1.79 bits per heavy atom. The average molecular weight is 269 g/mol. The maximum absolute atomic E-state index is 11.7. The van der Waals surface area contributed by atoms with E-state index in [0.717, 1.165) is 25.7 Å². The van der Waals surface area contributed by atoms with Gasteiger partial charge in [-0.3, -0.25) is 9.59 Å². The predicted octanol–water partition coefficient (Wildman–Crippen LogP) is 2.76. The van der Waals surface area contributed by atoms with E-state index >= 15 is 0 Å². The van der Waals surface area contributed by atoms with Crippen LogP contribution in [0, 0.1) is 5.92 Å². The van der Waals surface area contributed by atoms with Gasteiger partial charge in [0.25, 0.3) is 0 Å². The molecule has 0 aromatic rings. The molecular weight excluding hydrogens is 242 g/mol. The minimum absolute atomic E-state index is 0.0850. The summed E-state index contributed by atoms with van der Waals surface area (Å²) < 4.78 is 4.99. The average Bonchev–Trinajstić information content (AvgIpc) is 2.31. The van der Waals surface area contributed by atoms with Gasteiger partial charge in [-0.2, -0.15) is 0 Å². The van der Waals surface area contributed by atoms with Crippen LogP contribution in [0.25, 0.3) is 0 Å². The van der Waals surface area contributed by atoms with E-state index in [9.17, 15) is 9.59 Å². The molecular formula is C15H27NO3. The van der Waals surface area contributed by atoms with Crippen LogP contribution in [0.3, 0.4) is 0 Å². The summed E-state index contributed by atoms with van der Waals surface area (Å²) in [6.45, 7) is 8.06. The molecule has 1 amide bonds. The quantitative estimate of drug-likeness (QED) is 0.721. The van der Waals surface area contributed by atoms with E-state index in [1.54, 1.807) is 6.92 Å². The summed E-state index contributed by atoms with van der Waals surface area (Å²) in [4.78, 5) is 25.1. The van der Waals surface area contributed by atoms with Gasteiger partial charge < -0.3 is 9.64 Å². The first-order valence-electron chi connectivity index (χ1n) is 7.40. The van der Waals surface area contributed by atoms with E-state index in [4.69, 9.17) is 4.74 Å². The fourth-order valence-corrected chi connectivity index (χ4v) is 3.13. The number of carbonyl (C=O) groups is 2. The summed E-state index contributed by atoms with van der Waals surface area (Å²) in [5.41, 5.74) is 0. The zero-order valence-corrected chi connectivity index (χ0v) is 12.6. The highest BCUT2D eigenvalue weighted by atomic mass is 16.5. The van der Waals surface area contributed by atoms with Gasteiger partial charge >= 0.3 is 5.97 Å². The van der Waals surface area contributed by atoms with Crippen LogP contribution < -0.4 is 0 Å². The van der Waals surface area contributed by atoms with Crippen LogP contribution >= 0.6 is 0 Å². The lowest BCUT2D eigenvalue weighted by atomic mass is 9.83. The standard InChI is InChI=1S/C15H27NO3/c1-5-19-15(18)10-13-6-8-14(9-7-13)16(11(2)3)12(4)17/h11,13-14H,5-10H2,1-4H3. The molecule has 0 saturated heterocycles. The summed E-state index contributed by atoms with van der Waals surface area (Å²) in [5, 5.41) is 0. The molecule has 1 fully saturated rings. The molecule has 1 aliphatic carbocycles. The predicted molar refractivity (Wildman–Crippen MR) is 74.7 cm³/mol. The Bertz CT molecular complexity index is 307. The van der Waals surface area contributed by atoms with E-state index in [0.29, 0.717) is 25.0 Å². The Morgan fingerprint density at radius 1 is 1.21 bits per heavy atom. The molecule has 0 radical (unpaired) electrons. The van der Waals surface area contributed by atoms with Crippen molar-refractivity contribution in [2.45, 2.75) is 71.9 Å². The number of carbonyl (C=O) groups excluding carboxylic acids is 2. The molecule has 1 rings (SSSR count). The molecule has 1 saturated carbocycles. The van der Waals surface area contributed by atoms with Crippen LogP contribution in [-0.2, 0) is 14.3 Å². The zero-order valence-electron chi connectivity index (χ0n) is 12.6. The molecule has 110 valence electrons. The van der Waals surface area contributed by atoms with E-state index in [2.05, 4.69) is 13.8 Å². The molecule has 0 aromatic carbocycles. The minimum atomic E-state index is -0.0850. The Hall–Kier alpha value is -1.06. The Kier molecular flexibility index (Phi) is 6.32. The Labute approximate surface area is 116 Å². The van der Waals surface area contributed by atoms with Crippen LogP contribution in [0.2, 0.25) is 0 Å². The first-order valence-corrected chi connectivity index (χ1v) is 7.40. The molecule has 1 aliphatic rings. The van der Waals surface area contributed by atoms with E-state index in [1.165, 1.54) is 0 Å². The molecule has 0 heterocycles. The topological polar surface area (TPSA) is 46.6 Å². The molecule has 0 aromatic heterocycles. The molecule has 0 N–H and O–H groups in total. The molecule has 0 atom stereocenters.